The normalized spacial score (nSPS) is 12.2. The molecular formula is C11H13BrClNO2. The molecule has 1 aromatic carbocycles. The van der Waals surface area contributed by atoms with Crippen molar-refractivity contribution in [3.05, 3.63) is 28.8 Å². The fourth-order valence-corrected chi connectivity index (χ4v) is 1.47. The van der Waals surface area contributed by atoms with Gasteiger partial charge in [-0.1, -0.05) is 34.5 Å². The lowest BCUT2D eigenvalue weighted by atomic mass is 10.2. The van der Waals surface area contributed by atoms with E-state index in [1.54, 1.807) is 0 Å². The van der Waals surface area contributed by atoms with E-state index in [-0.39, 0.29) is 22.0 Å². The lowest BCUT2D eigenvalue weighted by molar-refractivity contribution is 0.0951. The van der Waals surface area contributed by atoms with Gasteiger partial charge >= 0.3 is 0 Å². The zero-order chi connectivity index (χ0) is 12.1. The molecule has 16 heavy (non-hydrogen) atoms. The molecule has 1 rings (SSSR count). The number of carbonyl (C=O) groups excluding carboxylic acids is 1. The summed E-state index contributed by atoms with van der Waals surface area (Å²) in [6.45, 7) is 2.53. The molecule has 0 heterocycles. The number of benzene rings is 1. The van der Waals surface area contributed by atoms with E-state index in [4.69, 9.17) is 11.6 Å². The van der Waals surface area contributed by atoms with Crippen LogP contribution in [0.5, 0.6) is 5.75 Å². The molecule has 0 aromatic heterocycles. The first-order valence-electron chi connectivity index (χ1n) is 4.95. The zero-order valence-electron chi connectivity index (χ0n) is 8.84. The van der Waals surface area contributed by atoms with Crippen LogP contribution < -0.4 is 5.32 Å². The Morgan fingerprint density at radius 3 is 2.94 bits per heavy atom. The number of hydrogen-bond acceptors (Lipinski definition) is 2. The maximum atomic E-state index is 11.7. The SMILES string of the molecule is CCC(Br)CNC(=O)c1cc(Cl)ccc1O. The molecule has 1 aromatic rings. The van der Waals surface area contributed by atoms with Crippen molar-refractivity contribution in [2.75, 3.05) is 6.54 Å². The van der Waals surface area contributed by atoms with Crippen molar-refractivity contribution >= 4 is 33.4 Å². The third-order valence-electron chi connectivity index (χ3n) is 2.13. The van der Waals surface area contributed by atoms with E-state index in [0.717, 1.165) is 6.42 Å². The first-order valence-corrected chi connectivity index (χ1v) is 6.24. The van der Waals surface area contributed by atoms with Gasteiger partial charge in [-0.05, 0) is 24.6 Å². The van der Waals surface area contributed by atoms with Gasteiger partial charge in [-0.2, -0.15) is 0 Å². The summed E-state index contributed by atoms with van der Waals surface area (Å²) in [5.41, 5.74) is 0.198. The van der Waals surface area contributed by atoms with E-state index in [1.807, 2.05) is 6.92 Å². The van der Waals surface area contributed by atoms with Crippen LogP contribution in [0, 0.1) is 0 Å². The van der Waals surface area contributed by atoms with Crippen molar-refractivity contribution in [1.82, 2.24) is 5.32 Å². The first kappa shape index (κ1) is 13.3. The number of rotatable bonds is 4. The van der Waals surface area contributed by atoms with Crippen LogP contribution in [0.2, 0.25) is 5.02 Å². The predicted octanol–water partition coefficient (Wildman–Crippen LogP) is 2.95. The Kier molecular flexibility index (Phi) is 5.09. The van der Waals surface area contributed by atoms with Crippen molar-refractivity contribution < 1.29 is 9.90 Å². The molecule has 0 aliphatic rings. The van der Waals surface area contributed by atoms with Crippen LogP contribution in [0.4, 0.5) is 0 Å². The molecule has 0 fully saturated rings. The van der Waals surface area contributed by atoms with Crippen LogP contribution in [0.25, 0.3) is 0 Å². The smallest absolute Gasteiger partial charge is 0.255 e. The molecule has 0 radical (unpaired) electrons. The average Bonchev–Trinajstić information content (AvgIpc) is 2.28. The van der Waals surface area contributed by atoms with Crippen LogP contribution in [0.1, 0.15) is 23.7 Å². The fraction of sp³-hybridized carbons (Fsp3) is 0.364. The number of carbonyl (C=O) groups is 1. The van der Waals surface area contributed by atoms with Gasteiger partial charge in [-0.25, -0.2) is 0 Å². The Morgan fingerprint density at radius 1 is 1.62 bits per heavy atom. The third-order valence-corrected chi connectivity index (χ3v) is 3.34. The van der Waals surface area contributed by atoms with E-state index in [1.165, 1.54) is 18.2 Å². The van der Waals surface area contributed by atoms with Gasteiger partial charge in [0.25, 0.3) is 5.91 Å². The molecule has 0 aliphatic carbocycles. The van der Waals surface area contributed by atoms with Crippen molar-refractivity contribution in [1.29, 1.82) is 0 Å². The van der Waals surface area contributed by atoms with E-state index in [0.29, 0.717) is 11.6 Å². The fourth-order valence-electron chi connectivity index (χ4n) is 1.13. The van der Waals surface area contributed by atoms with Crippen LogP contribution in [-0.2, 0) is 0 Å². The number of nitrogens with one attached hydrogen (secondary N) is 1. The highest BCUT2D eigenvalue weighted by Crippen LogP contribution is 2.21. The Bertz CT molecular complexity index is 384. The Balaban J connectivity index is 2.69. The quantitative estimate of drug-likeness (QED) is 0.840. The number of hydrogen-bond donors (Lipinski definition) is 2. The van der Waals surface area contributed by atoms with Gasteiger partial charge in [0.2, 0.25) is 0 Å². The molecule has 3 nitrogen and oxygen atoms in total. The highest BCUT2D eigenvalue weighted by atomic mass is 79.9. The number of halogens is 2. The summed E-state index contributed by atoms with van der Waals surface area (Å²) in [6, 6.07) is 4.39. The van der Waals surface area contributed by atoms with E-state index in [2.05, 4.69) is 21.2 Å². The lowest BCUT2D eigenvalue weighted by Crippen LogP contribution is -2.29. The Hall–Kier alpha value is -0.740. The second kappa shape index (κ2) is 6.11. The first-order chi connectivity index (χ1) is 7.54. The van der Waals surface area contributed by atoms with Gasteiger partial charge in [0.05, 0.1) is 5.56 Å². The van der Waals surface area contributed by atoms with Crippen molar-refractivity contribution in [3.8, 4) is 5.75 Å². The van der Waals surface area contributed by atoms with E-state index >= 15 is 0 Å². The molecular weight excluding hydrogens is 293 g/mol. The highest BCUT2D eigenvalue weighted by Gasteiger charge is 2.12. The van der Waals surface area contributed by atoms with Gasteiger partial charge < -0.3 is 10.4 Å². The molecule has 5 heteroatoms. The predicted molar refractivity (Wildman–Crippen MR) is 68.5 cm³/mol. The van der Waals surface area contributed by atoms with Gasteiger partial charge in [0.15, 0.2) is 0 Å². The summed E-state index contributed by atoms with van der Waals surface area (Å²) in [7, 11) is 0. The number of aromatic hydroxyl groups is 1. The summed E-state index contributed by atoms with van der Waals surface area (Å²) in [4.78, 5) is 11.9. The molecule has 1 unspecified atom stereocenters. The summed E-state index contributed by atoms with van der Waals surface area (Å²) in [5.74, 6) is -0.387. The second-order valence-electron chi connectivity index (χ2n) is 3.38. The molecule has 0 bridgehead atoms. The maximum Gasteiger partial charge on any atom is 0.255 e. The minimum atomic E-state index is -0.321. The average molecular weight is 307 g/mol. The number of alkyl halides is 1. The number of phenolic OH excluding ortho intramolecular Hbond substituents is 1. The molecule has 88 valence electrons. The van der Waals surface area contributed by atoms with Crippen LogP contribution in [0.15, 0.2) is 18.2 Å². The van der Waals surface area contributed by atoms with Gasteiger partial charge in [-0.3, -0.25) is 4.79 Å². The van der Waals surface area contributed by atoms with Gasteiger partial charge in [0.1, 0.15) is 5.75 Å². The zero-order valence-corrected chi connectivity index (χ0v) is 11.2. The van der Waals surface area contributed by atoms with Crippen LogP contribution in [0.3, 0.4) is 0 Å². The van der Waals surface area contributed by atoms with Crippen molar-refractivity contribution in [2.45, 2.75) is 18.2 Å². The summed E-state index contributed by atoms with van der Waals surface area (Å²) in [5, 5.41) is 12.6. The number of amides is 1. The summed E-state index contributed by atoms with van der Waals surface area (Å²) >= 11 is 9.16. The topological polar surface area (TPSA) is 49.3 Å². The lowest BCUT2D eigenvalue weighted by Gasteiger charge is -2.09. The highest BCUT2D eigenvalue weighted by molar-refractivity contribution is 9.09. The Morgan fingerprint density at radius 2 is 2.31 bits per heavy atom. The van der Waals surface area contributed by atoms with Crippen molar-refractivity contribution in [3.63, 3.8) is 0 Å². The van der Waals surface area contributed by atoms with Crippen LogP contribution in [-0.4, -0.2) is 22.4 Å². The third kappa shape index (κ3) is 3.68. The largest absolute Gasteiger partial charge is 0.507 e. The van der Waals surface area contributed by atoms with Gasteiger partial charge in [0, 0.05) is 16.4 Å². The van der Waals surface area contributed by atoms with Crippen molar-refractivity contribution in [2.24, 2.45) is 0 Å². The summed E-state index contributed by atoms with van der Waals surface area (Å²) in [6.07, 6.45) is 0.918. The minimum Gasteiger partial charge on any atom is -0.507 e. The van der Waals surface area contributed by atoms with E-state index in [9.17, 15) is 9.90 Å². The molecule has 0 aliphatic heterocycles. The number of phenols is 1. The minimum absolute atomic E-state index is 0.0653. The molecule has 1 amide bonds. The second-order valence-corrected chi connectivity index (χ2v) is 5.11. The monoisotopic (exact) mass is 305 g/mol. The van der Waals surface area contributed by atoms with Crippen LogP contribution >= 0.6 is 27.5 Å². The van der Waals surface area contributed by atoms with Gasteiger partial charge in [-0.15, -0.1) is 0 Å². The Labute approximate surface area is 108 Å². The van der Waals surface area contributed by atoms with E-state index < -0.39 is 0 Å². The standard InChI is InChI=1S/C11H13BrClNO2/c1-2-7(12)6-14-11(16)9-5-8(13)3-4-10(9)15/h3-5,7,15H,2,6H2,1H3,(H,14,16). The molecule has 0 saturated heterocycles. The molecule has 1 atom stereocenters. The summed E-state index contributed by atoms with van der Waals surface area (Å²) < 4.78 is 0. The molecule has 0 saturated carbocycles. The maximum absolute atomic E-state index is 11.7. The molecule has 0 spiro atoms. The molecule has 2 N–H and O–H groups in total.